The van der Waals surface area contributed by atoms with Gasteiger partial charge in [-0.2, -0.15) is 0 Å². The number of nitrogens with one attached hydrogen (secondary N) is 1. The van der Waals surface area contributed by atoms with Crippen LogP contribution >= 0.6 is 0 Å². The van der Waals surface area contributed by atoms with Crippen LogP contribution in [-0.2, 0) is 6.42 Å². The van der Waals surface area contributed by atoms with Gasteiger partial charge in [0.15, 0.2) is 0 Å². The molecule has 2 aliphatic rings. The van der Waals surface area contributed by atoms with Crippen LogP contribution in [0.5, 0.6) is 0 Å². The van der Waals surface area contributed by atoms with Crippen molar-refractivity contribution >= 4 is 0 Å². The molecule has 1 aromatic carbocycles. The van der Waals surface area contributed by atoms with Gasteiger partial charge in [0.1, 0.15) is 0 Å². The first-order valence-electron chi connectivity index (χ1n) is 8.64. The van der Waals surface area contributed by atoms with Gasteiger partial charge in [0.05, 0.1) is 0 Å². The monoisotopic (exact) mass is 271 g/mol. The molecule has 3 rings (SSSR count). The minimum absolute atomic E-state index is 0.635. The van der Waals surface area contributed by atoms with Gasteiger partial charge in [-0.25, -0.2) is 0 Å². The van der Waals surface area contributed by atoms with Crippen molar-refractivity contribution in [3.63, 3.8) is 0 Å². The molecule has 0 atom stereocenters. The zero-order valence-electron chi connectivity index (χ0n) is 12.7. The Morgan fingerprint density at radius 3 is 2.40 bits per heavy atom. The lowest BCUT2D eigenvalue weighted by Gasteiger charge is -2.38. The minimum atomic E-state index is 0.635. The fourth-order valence-corrected chi connectivity index (χ4v) is 3.81. The quantitative estimate of drug-likeness (QED) is 0.757. The van der Waals surface area contributed by atoms with E-state index >= 15 is 0 Å². The Labute approximate surface area is 124 Å². The summed E-state index contributed by atoms with van der Waals surface area (Å²) in [5.41, 5.74) is 2.16. The summed E-state index contributed by atoms with van der Waals surface area (Å²) in [4.78, 5) is 0. The van der Waals surface area contributed by atoms with E-state index in [4.69, 9.17) is 0 Å². The van der Waals surface area contributed by atoms with Crippen molar-refractivity contribution in [3.05, 3.63) is 35.9 Å². The summed E-state index contributed by atoms with van der Waals surface area (Å²) in [6.07, 6.45) is 14.2. The lowest BCUT2D eigenvalue weighted by atomic mass is 9.68. The maximum atomic E-state index is 3.73. The van der Waals surface area contributed by atoms with E-state index in [1.807, 2.05) is 0 Å². The average molecular weight is 271 g/mol. The maximum Gasteiger partial charge on any atom is 0.00682 e. The van der Waals surface area contributed by atoms with E-state index in [0.717, 1.165) is 6.04 Å². The molecule has 0 bridgehead atoms. The van der Waals surface area contributed by atoms with Gasteiger partial charge in [0.25, 0.3) is 0 Å². The maximum absolute atomic E-state index is 3.73. The molecule has 1 aromatic rings. The van der Waals surface area contributed by atoms with Gasteiger partial charge >= 0.3 is 0 Å². The third-order valence-corrected chi connectivity index (χ3v) is 5.37. The third kappa shape index (κ3) is 4.09. The van der Waals surface area contributed by atoms with Crippen LogP contribution in [0.15, 0.2) is 30.3 Å². The molecule has 2 fully saturated rings. The molecule has 20 heavy (non-hydrogen) atoms. The first kappa shape index (κ1) is 14.1. The summed E-state index contributed by atoms with van der Waals surface area (Å²) in [6.45, 7) is 1.25. The molecule has 0 radical (unpaired) electrons. The van der Waals surface area contributed by atoms with E-state index in [-0.39, 0.29) is 0 Å². The zero-order chi connectivity index (χ0) is 13.7. The Morgan fingerprint density at radius 1 is 0.950 bits per heavy atom. The lowest BCUT2D eigenvalue weighted by Crippen LogP contribution is -2.30. The Hall–Kier alpha value is -0.820. The van der Waals surface area contributed by atoms with Crippen LogP contribution in [0.2, 0.25) is 0 Å². The average Bonchev–Trinajstić information content (AvgIpc) is 3.32. The molecular formula is C19H29N. The summed E-state index contributed by atoms with van der Waals surface area (Å²) in [5, 5.41) is 3.73. The standard InChI is InChI=1S/C19H29N/c1-3-7-17(8-4-1)11-14-19(12-5-2-6-13-19)15-16-20-18-9-10-18/h1,3-4,7-8,18,20H,2,5-6,9-16H2. The van der Waals surface area contributed by atoms with E-state index in [1.54, 1.807) is 0 Å². The Bertz CT molecular complexity index is 387. The zero-order valence-corrected chi connectivity index (χ0v) is 12.7. The van der Waals surface area contributed by atoms with Crippen LogP contribution in [-0.4, -0.2) is 12.6 Å². The van der Waals surface area contributed by atoms with Crippen molar-refractivity contribution in [1.82, 2.24) is 5.32 Å². The SMILES string of the molecule is c1ccc(CCC2(CCNC3CC3)CCCCC2)cc1. The molecular weight excluding hydrogens is 242 g/mol. The fraction of sp³-hybridized carbons (Fsp3) is 0.684. The van der Waals surface area contributed by atoms with Crippen LogP contribution in [0.3, 0.4) is 0 Å². The second-order valence-corrected chi connectivity index (χ2v) is 7.02. The van der Waals surface area contributed by atoms with Crippen molar-refractivity contribution in [1.29, 1.82) is 0 Å². The topological polar surface area (TPSA) is 12.0 Å². The number of rotatable bonds is 7. The molecule has 0 aliphatic heterocycles. The van der Waals surface area contributed by atoms with Gasteiger partial charge in [0, 0.05) is 6.04 Å². The molecule has 1 N–H and O–H groups in total. The summed E-state index contributed by atoms with van der Waals surface area (Å²) >= 11 is 0. The largest absolute Gasteiger partial charge is 0.314 e. The Kier molecular flexibility index (Phi) is 4.77. The highest BCUT2D eigenvalue weighted by Crippen LogP contribution is 2.43. The molecule has 1 nitrogen and oxygen atoms in total. The second-order valence-electron chi connectivity index (χ2n) is 7.02. The van der Waals surface area contributed by atoms with Gasteiger partial charge < -0.3 is 5.32 Å². The number of hydrogen-bond acceptors (Lipinski definition) is 1. The molecule has 2 saturated carbocycles. The third-order valence-electron chi connectivity index (χ3n) is 5.37. The van der Waals surface area contributed by atoms with Gasteiger partial charge in [-0.3, -0.25) is 0 Å². The first-order chi connectivity index (χ1) is 9.86. The van der Waals surface area contributed by atoms with Crippen LogP contribution in [0.25, 0.3) is 0 Å². The number of benzene rings is 1. The number of aryl methyl sites for hydroxylation is 1. The summed E-state index contributed by atoms with van der Waals surface area (Å²) in [5.74, 6) is 0. The molecule has 0 aromatic heterocycles. The van der Waals surface area contributed by atoms with Crippen molar-refractivity contribution in [2.45, 2.75) is 70.3 Å². The summed E-state index contributed by atoms with van der Waals surface area (Å²) in [7, 11) is 0. The fourth-order valence-electron chi connectivity index (χ4n) is 3.81. The minimum Gasteiger partial charge on any atom is -0.314 e. The van der Waals surface area contributed by atoms with Gasteiger partial charge in [0.2, 0.25) is 0 Å². The first-order valence-corrected chi connectivity index (χ1v) is 8.64. The smallest absolute Gasteiger partial charge is 0.00682 e. The van der Waals surface area contributed by atoms with Gasteiger partial charge in [-0.05, 0) is 62.5 Å². The Morgan fingerprint density at radius 2 is 1.70 bits per heavy atom. The Balaban J connectivity index is 1.53. The molecule has 0 amide bonds. The van der Waals surface area contributed by atoms with E-state index in [0.29, 0.717) is 5.41 Å². The van der Waals surface area contributed by atoms with E-state index in [1.165, 1.54) is 76.3 Å². The highest BCUT2D eigenvalue weighted by molar-refractivity contribution is 5.15. The van der Waals surface area contributed by atoms with E-state index in [9.17, 15) is 0 Å². The molecule has 1 heteroatoms. The molecule has 0 heterocycles. The lowest BCUT2D eigenvalue weighted by molar-refractivity contribution is 0.156. The summed E-state index contributed by atoms with van der Waals surface area (Å²) in [6, 6.07) is 11.9. The van der Waals surface area contributed by atoms with Crippen molar-refractivity contribution in [2.24, 2.45) is 5.41 Å². The van der Waals surface area contributed by atoms with Crippen LogP contribution < -0.4 is 5.32 Å². The highest BCUT2D eigenvalue weighted by atomic mass is 14.9. The highest BCUT2D eigenvalue weighted by Gasteiger charge is 2.31. The molecule has 0 unspecified atom stereocenters. The molecule has 2 aliphatic carbocycles. The predicted octanol–water partition coefficient (Wildman–Crippen LogP) is 4.71. The van der Waals surface area contributed by atoms with Gasteiger partial charge in [-0.1, -0.05) is 49.6 Å². The molecule has 110 valence electrons. The van der Waals surface area contributed by atoms with Crippen LogP contribution in [0.1, 0.15) is 63.4 Å². The second kappa shape index (κ2) is 6.76. The van der Waals surface area contributed by atoms with E-state index in [2.05, 4.69) is 35.6 Å². The predicted molar refractivity (Wildman–Crippen MR) is 85.9 cm³/mol. The van der Waals surface area contributed by atoms with Crippen molar-refractivity contribution in [2.75, 3.05) is 6.54 Å². The molecule has 0 spiro atoms. The molecule has 0 saturated heterocycles. The van der Waals surface area contributed by atoms with Crippen molar-refractivity contribution in [3.8, 4) is 0 Å². The van der Waals surface area contributed by atoms with Crippen LogP contribution in [0.4, 0.5) is 0 Å². The van der Waals surface area contributed by atoms with Crippen molar-refractivity contribution < 1.29 is 0 Å². The van der Waals surface area contributed by atoms with Crippen LogP contribution in [0, 0.1) is 5.41 Å². The normalized spacial score (nSPS) is 21.8. The van der Waals surface area contributed by atoms with Gasteiger partial charge in [-0.15, -0.1) is 0 Å². The van der Waals surface area contributed by atoms with E-state index < -0.39 is 0 Å². The summed E-state index contributed by atoms with van der Waals surface area (Å²) < 4.78 is 0. The number of hydrogen-bond donors (Lipinski definition) is 1.